The summed E-state index contributed by atoms with van der Waals surface area (Å²) in [6.45, 7) is 5.50. The first-order chi connectivity index (χ1) is 8.38. The van der Waals surface area contributed by atoms with Gasteiger partial charge in [-0.05, 0) is 26.9 Å². The number of likely N-dealkylation sites (N-methyl/N-ethyl adjacent to an activating group) is 2. The van der Waals surface area contributed by atoms with Gasteiger partial charge in [0.05, 0.1) is 0 Å². The van der Waals surface area contributed by atoms with E-state index in [1.54, 1.807) is 14.0 Å². The van der Waals surface area contributed by atoms with Crippen LogP contribution in [0, 0.1) is 5.92 Å². The second kappa shape index (κ2) is 8.05. The third-order valence-electron chi connectivity index (χ3n) is 3.13. The lowest BCUT2D eigenvalue weighted by molar-refractivity contribution is -0.157. The highest BCUT2D eigenvalue weighted by Gasteiger charge is 2.30. The molecule has 0 aliphatic heterocycles. The zero-order chi connectivity index (χ0) is 14.3. The Morgan fingerprint density at radius 2 is 1.67 bits per heavy atom. The van der Waals surface area contributed by atoms with E-state index >= 15 is 0 Å². The molecule has 6 heteroatoms. The number of carbonyl (C=O) groups excluding carboxylic acids is 1. The molecular formula is C12H24N2O4. The van der Waals surface area contributed by atoms with Gasteiger partial charge in [0.1, 0.15) is 18.2 Å². The maximum Gasteiger partial charge on any atom is 0.324 e. The second-order valence-corrected chi connectivity index (χ2v) is 4.40. The van der Waals surface area contributed by atoms with E-state index in [-0.39, 0.29) is 5.92 Å². The zero-order valence-corrected chi connectivity index (χ0v) is 11.7. The summed E-state index contributed by atoms with van der Waals surface area (Å²) in [5.41, 5.74) is 0. The van der Waals surface area contributed by atoms with Crippen molar-refractivity contribution in [2.24, 2.45) is 5.92 Å². The summed E-state index contributed by atoms with van der Waals surface area (Å²) >= 11 is 0. The summed E-state index contributed by atoms with van der Waals surface area (Å²) in [5, 5.41) is 14.4. The number of aliphatic carboxylic acids is 1. The Balaban J connectivity index is 4.58. The van der Waals surface area contributed by atoms with Crippen LogP contribution in [0.5, 0.6) is 0 Å². The molecular weight excluding hydrogens is 236 g/mol. The fourth-order valence-electron chi connectivity index (χ4n) is 1.75. The van der Waals surface area contributed by atoms with Gasteiger partial charge in [-0.1, -0.05) is 20.3 Å². The van der Waals surface area contributed by atoms with Crippen molar-refractivity contribution in [2.45, 2.75) is 45.4 Å². The van der Waals surface area contributed by atoms with Gasteiger partial charge in [0.2, 0.25) is 0 Å². The van der Waals surface area contributed by atoms with E-state index in [4.69, 9.17) is 9.84 Å². The average molecular weight is 260 g/mol. The third kappa shape index (κ3) is 4.62. The van der Waals surface area contributed by atoms with Crippen molar-refractivity contribution in [3.05, 3.63) is 0 Å². The van der Waals surface area contributed by atoms with Crippen molar-refractivity contribution in [3.8, 4) is 0 Å². The Bertz CT molecular complexity index is 283. The molecule has 0 heterocycles. The molecule has 0 saturated carbocycles. The molecule has 3 N–H and O–H groups in total. The van der Waals surface area contributed by atoms with Crippen LogP contribution in [-0.4, -0.2) is 49.3 Å². The lowest BCUT2D eigenvalue weighted by atomic mass is 9.99. The summed E-state index contributed by atoms with van der Waals surface area (Å²) in [5.74, 6) is -1.32. The van der Waals surface area contributed by atoms with E-state index in [9.17, 15) is 9.59 Å². The van der Waals surface area contributed by atoms with Crippen molar-refractivity contribution < 1.29 is 19.4 Å². The van der Waals surface area contributed by atoms with Gasteiger partial charge in [-0.3, -0.25) is 9.59 Å². The quantitative estimate of drug-likeness (QED) is 0.541. The van der Waals surface area contributed by atoms with Crippen LogP contribution >= 0.6 is 0 Å². The predicted molar refractivity (Wildman–Crippen MR) is 68.3 cm³/mol. The third-order valence-corrected chi connectivity index (χ3v) is 3.13. The lowest BCUT2D eigenvalue weighted by Gasteiger charge is -2.25. The van der Waals surface area contributed by atoms with Crippen LogP contribution < -0.4 is 10.6 Å². The number of carboxylic acid groups (broad SMARTS) is 1. The maximum atomic E-state index is 11.9. The summed E-state index contributed by atoms with van der Waals surface area (Å²) < 4.78 is 5.20. The number of rotatable bonds is 8. The Kier molecular flexibility index (Phi) is 7.54. The number of carboxylic acids is 1. The Morgan fingerprint density at radius 3 is 2.00 bits per heavy atom. The zero-order valence-electron chi connectivity index (χ0n) is 11.7. The highest BCUT2D eigenvalue weighted by atomic mass is 16.5. The molecule has 0 rings (SSSR count). The van der Waals surface area contributed by atoms with Crippen LogP contribution in [0.2, 0.25) is 0 Å². The summed E-state index contributed by atoms with van der Waals surface area (Å²) in [4.78, 5) is 22.8. The van der Waals surface area contributed by atoms with E-state index in [0.717, 1.165) is 6.42 Å². The minimum atomic E-state index is -1.04. The number of nitrogens with one attached hydrogen (secondary N) is 2. The normalized spacial score (nSPS) is 17.6. The monoisotopic (exact) mass is 260 g/mol. The number of ether oxygens (including phenoxy) is 1. The van der Waals surface area contributed by atoms with Gasteiger partial charge < -0.3 is 20.5 Å². The molecule has 6 nitrogen and oxygen atoms in total. The molecule has 0 bridgehead atoms. The molecule has 4 atom stereocenters. The molecule has 0 amide bonds. The summed E-state index contributed by atoms with van der Waals surface area (Å²) in [6, 6.07) is -1.31. The van der Waals surface area contributed by atoms with Crippen LogP contribution in [0.3, 0.4) is 0 Å². The fourth-order valence-corrected chi connectivity index (χ4v) is 1.75. The SMILES string of the molecule is CC[C@H](C)[C@H](NC)C(=O)O[C@@H](C)[C@@H](NC)C(=O)O. The van der Waals surface area contributed by atoms with Crippen molar-refractivity contribution in [2.75, 3.05) is 14.1 Å². The number of hydrogen-bond acceptors (Lipinski definition) is 5. The van der Waals surface area contributed by atoms with E-state index in [2.05, 4.69) is 10.6 Å². The molecule has 0 fully saturated rings. The average Bonchev–Trinajstić information content (AvgIpc) is 2.29. The highest BCUT2D eigenvalue weighted by Crippen LogP contribution is 2.11. The topological polar surface area (TPSA) is 87.7 Å². The van der Waals surface area contributed by atoms with Crippen LogP contribution in [-0.2, 0) is 14.3 Å². The Hall–Kier alpha value is -1.14. The van der Waals surface area contributed by atoms with Gasteiger partial charge in [-0.25, -0.2) is 0 Å². The van der Waals surface area contributed by atoms with Crippen molar-refractivity contribution >= 4 is 11.9 Å². The molecule has 0 spiro atoms. The summed E-state index contributed by atoms with van der Waals surface area (Å²) in [6.07, 6.45) is 0.114. The molecule has 0 aromatic carbocycles. The molecule has 0 aliphatic carbocycles. The summed E-state index contributed by atoms with van der Waals surface area (Å²) in [7, 11) is 3.21. The van der Waals surface area contributed by atoms with E-state index < -0.39 is 30.1 Å². The van der Waals surface area contributed by atoms with Gasteiger partial charge >= 0.3 is 11.9 Å². The van der Waals surface area contributed by atoms with Crippen molar-refractivity contribution in [1.29, 1.82) is 0 Å². The van der Waals surface area contributed by atoms with E-state index in [0.29, 0.717) is 0 Å². The van der Waals surface area contributed by atoms with Crippen LogP contribution in [0.15, 0.2) is 0 Å². The lowest BCUT2D eigenvalue weighted by Crippen LogP contribution is -2.48. The van der Waals surface area contributed by atoms with Gasteiger partial charge in [0.25, 0.3) is 0 Å². The first-order valence-electron chi connectivity index (χ1n) is 6.16. The van der Waals surface area contributed by atoms with Gasteiger partial charge in [-0.2, -0.15) is 0 Å². The van der Waals surface area contributed by atoms with E-state index in [1.807, 2.05) is 13.8 Å². The number of carbonyl (C=O) groups is 2. The second-order valence-electron chi connectivity index (χ2n) is 4.40. The fraction of sp³-hybridized carbons (Fsp3) is 0.833. The largest absolute Gasteiger partial charge is 0.480 e. The smallest absolute Gasteiger partial charge is 0.324 e. The van der Waals surface area contributed by atoms with Crippen LogP contribution in [0.25, 0.3) is 0 Å². The molecule has 0 radical (unpaired) electrons. The molecule has 0 aromatic rings. The van der Waals surface area contributed by atoms with Crippen LogP contribution in [0.1, 0.15) is 27.2 Å². The maximum absolute atomic E-state index is 11.9. The van der Waals surface area contributed by atoms with Crippen molar-refractivity contribution in [1.82, 2.24) is 10.6 Å². The number of esters is 1. The Morgan fingerprint density at radius 1 is 1.17 bits per heavy atom. The molecule has 106 valence electrons. The minimum Gasteiger partial charge on any atom is -0.480 e. The molecule has 0 saturated heterocycles. The Labute approximate surface area is 108 Å². The first-order valence-corrected chi connectivity index (χ1v) is 6.16. The van der Waals surface area contributed by atoms with Gasteiger partial charge in [0.15, 0.2) is 0 Å². The minimum absolute atomic E-state index is 0.132. The predicted octanol–water partition coefficient (Wildman–Crippen LogP) is 0.225. The standard InChI is InChI=1S/C12H24N2O4/c1-6-7(2)9(13-4)12(17)18-8(3)10(14-5)11(15)16/h7-10,13-14H,6H2,1-5H3,(H,15,16)/t7-,8-,9-,10+/m0/s1. The molecule has 0 aliphatic rings. The highest BCUT2D eigenvalue weighted by molar-refractivity contribution is 5.78. The van der Waals surface area contributed by atoms with Gasteiger partial charge in [-0.15, -0.1) is 0 Å². The molecule has 0 unspecified atom stereocenters. The van der Waals surface area contributed by atoms with Gasteiger partial charge in [0, 0.05) is 0 Å². The van der Waals surface area contributed by atoms with Crippen molar-refractivity contribution in [3.63, 3.8) is 0 Å². The number of hydrogen-bond donors (Lipinski definition) is 3. The first kappa shape index (κ1) is 16.9. The van der Waals surface area contributed by atoms with Crippen LogP contribution in [0.4, 0.5) is 0 Å². The molecule has 0 aromatic heterocycles. The molecule has 18 heavy (non-hydrogen) atoms. The van der Waals surface area contributed by atoms with E-state index in [1.165, 1.54) is 7.05 Å².